The Labute approximate surface area is 103 Å². The highest BCUT2D eigenvalue weighted by molar-refractivity contribution is 5.99. The second-order valence-corrected chi connectivity index (χ2v) is 3.48. The Kier molecular flexibility index (Phi) is 3.42. The summed E-state index contributed by atoms with van der Waals surface area (Å²) in [7, 11) is 1.53. The van der Waals surface area contributed by atoms with Crippen molar-refractivity contribution in [3.05, 3.63) is 36.0 Å². The van der Waals surface area contributed by atoms with Crippen LogP contribution < -0.4 is 15.8 Å². The summed E-state index contributed by atoms with van der Waals surface area (Å²) in [6, 6.07) is 4.85. The second-order valence-electron chi connectivity index (χ2n) is 3.48. The van der Waals surface area contributed by atoms with E-state index in [1.165, 1.54) is 13.5 Å². The highest BCUT2D eigenvalue weighted by Gasteiger charge is 2.11. The van der Waals surface area contributed by atoms with Gasteiger partial charge in [-0.05, 0) is 12.1 Å². The van der Waals surface area contributed by atoms with Crippen molar-refractivity contribution in [2.75, 3.05) is 12.8 Å². The minimum absolute atomic E-state index is 0.181. The number of hydrogen-bond acceptors (Lipinski definition) is 6. The first-order valence-corrected chi connectivity index (χ1v) is 5.17. The molecule has 1 aromatic heterocycles. The summed E-state index contributed by atoms with van der Waals surface area (Å²) in [5.41, 5.74) is 6.48. The van der Waals surface area contributed by atoms with E-state index < -0.39 is 0 Å². The van der Waals surface area contributed by atoms with Gasteiger partial charge in [0.2, 0.25) is 6.39 Å². The van der Waals surface area contributed by atoms with Gasteiger partial charge in [-0.15, -0.1) is 0 Å². The van der Waals surface area contributed by atoms with Gasteiger partial charge in [-0.2, -0.15) is 4.98 Å². The van der Waals surface area contributed by atoms with Crippen molar-refractivity contribution in [2.45, 2.75) is 6.54 Å². The first-order chi connectivity index (χ1) is 8.70. The van der Waals surface area contributed by atoms with Crippen LogP contribution in [0.5, 0.6) is 5.75 Å². The van der Waals surface area contributed by atoms with Gasteiger partial charge in [-0.3, -0.25) is 4.79 Å². The van der Waals surface area contributed by atoms with E-state index in [4.69, 9.17) is 10.5 Å². The lowest BCUT2D eigenvalue weighted by Gasteiger charge is -2.07. The molecule has 1 aromatic carbocycles. The van der Waals surface area contributed by atoms with Gasteiger partial charge in [-0.25, -0.2) is 0 Å². The standard InChI is InChI=1S/C11H12N4O3/c1-17-7-2-3-8(9(12)4-7)11(16)13-5-10-14-6-18-15-10/h2-4,6H,5,12H2,1H3,(H,13,16). The number of ether oxygens (including phenoxy) is 1. The summed E-state index contributed by atoms with van der Waals surface area (Å²) in [5, 5.41) is 6.21. The second kappa shape index (κ2) is 5.17. The van der Waals surface area contributed by atoms with Crippen LogP contribution in [0.3, 0.4) is 0 Å². The maximum absolute atomic E-state index is 11.8. The van der Waals surface area contributed by atoms with Crippen molar-refractivity contribution in [2.24, 2.45) is 0 Å². The number of benzene rings is 1. The molecule has 2 rings (SSSR count). The molecule has 0 saturated carbocycles. The van der Waals surface area contributed by atoms with Crippen molar-refractivity contribution < 1.29 is 14.1 Å². The van der Waals surface area contributed by atoms with Gasteiger partial charge in [0.25, 0.3) is 5.91 Å². The molecule has 7 heteroatoms. The normalized spacial score (nSPS) is 10.1. The monoisotopic (exact) mass is 248 g/mol. The van der Waals surface area contributed by atoms with E-state index in [1.54, 1.807) is 18.2 Å². The molecule has 0 aliphatic carbocycles. The molecule has 2 aromatic rings. The predicted molar refractivity (Wildman–Crippen MR) is 62.9 cm³/mol. The van der Waals surface area contributed by atoms with Crippen LogP contribution in [-0.4, -0.2) is 23.2 Å². The average molecular weight is 248 g/mol. The van der Waals surface area contributed by atoms with Crippen LogP contribution in [0.1, 0.15) is 16.2 Å². The Bertz CT molecular complexity index is 539. The highest BCUT2D eigenvalue weighted by Crippen LogP contribution is 2.19. The van der Waals surface area contributed by atoms with Crippen molar-refractivity contribution in [1.82, 2.24) is 15.5 Å². The fraction of sp³-hybridized carbons (Fsp3) is 0.182. The Morgan fingerprint density at radius 3 is 3.00 bits per heavy atom. The zero-order valence-corrected chi connectivity index (χ0v) is 9.71. The summed E-state index contributed by atoms with van der Waals surface area (Å²) in [4.78, 5) is 15.6. The minimum Gasteiger partial charge on any atom is -0.497 e. The number of amides is 1. The van der Waals surface area contributed by atoms with E-state index in [9.17, 15) is 4.79 Å². The third kappa shape index (κ3) is 2.57. The number of carbonyl (C=O) groups is 1. The molecular formula is C11H12N4O3. The molecule has 3 N–H and O–H groups in total. The van der Waals surface area contributed by atoms with Crippen molar-refractivity contribution in [3.63, 3.8) is 0 Å². The van der Waals surface area contributed by atoms with Crippen LogP contribution in [0, 0.1) is 0 Å². The lowest BCUT2D eigenvalue weighted by Crippen LogP contribution is -2.24. The van der Waals surface area contributed by atoms with E-state index in [1.807, 2.05) is 0 Å². The first-order valence-electron chi connectivity index (χ1n) is 5.17. The number of carbonyl (C=O) groups excluding carboxylic acids is 1. The molecule has 0 spiro atoms. The molecule has 0 saturated heterocycles. The molecule has 0 bridgehead atoms. The Hall–Kier alpha value is -2.57. The average Bonchev–Trinajstić information content (AvgIpc) is 2.88. The first kappa shape index (κ1) is 11.9. The summed E-state index contributed by atoms with van der Waals surface area (Å²) in [5.74, 6) is 0.692. The molecule has 0 unspecified atom stereocenters. The van der Waals surface area contributed by atoms with Gasteiger partial charge in [0, 0.05) is 11.8 Å². The van der Waals surface area contributed by atoms with E-state index in [-0.39, 0.29) is 12.5 Å². The maximum atomic E-state index is 11.8. The van der Waals surface area contributed by atoms with E-state index >= 15 is 0 Å². The molecule has 18 heavy (non-hydrogen) atoms. The topological polar surface area (TPSA) is 103 Å². The molecule has 0 aliphatic heterocycles. The Morgan fingerprint density at radius 1 is 1.56 bits per heavy atom. The number of nitrogens with one attached hydrogen (secondary N) is 1. The molecule has 7 nitrogen and oxygen atoms in total. The quantitative estimate of drug-likeness (QED) is 0.767. The van der Waals surface area contributed by atoms with Crippen molar-refractivity contribution in [3.8, 4) is 5.75 Å². The van der Waals surface area contributed by atoms with E-state index in [0.717, 1.165) is 0 Å². The zero-order chi connectivity index (χ0) is 13.0. The summed E-state index contributed by atoms with van der Waals surface area (Å²) in [6.45, 7) is 0.181. The minimum atomic E-state index is -0.306. The molecule has 0 aliphatic rings. The van der Waals surface area contributed by atoms with Crippen molar-refractivity contribution in [1.29, 1.82) is 0 Å². The summed E-state index contributed by atoms with van der Waals surface area (Å²) >= 11 is 0. The molecule has 0 radical (unpaired) electrons. The Balaban J connectivity index is 2.04. The molecule has 0 atom stereocenters. The SMILES string of the molecule is COc1ccc(C(=O)NCc2ncon2)c(N)c1. The number of nitrogens with zero attached hydrogens (tertiary/aromatic N) is 2. The van der Waals surface area contributed by atoms with Gasteiger partial charge in [0.1, 0.15) is 5.75 Å². The molecule has 94 valence electrons. The number of hydrogen-bond donors (Lipinski definition) is 2. The number of nitrogens with two attached hydrogens (primary N) is 1. The predicted octanol–water partition coefficient (Wildman–Crippen LogP) is 0.590. The van der Waals surface area contributed by atoms with Gasteiger partial charge >= 0.3 is 0 Å². The molecule has 1 amide bonds. The molecule has 0 fully saturated rings. The maximum Gasteiger partial charge on any atom is 0.253 e. The number of rotatable bonds is 4. The number of anilines is 1. The van der Waals surface area contributed by atoms with Gasteiger partial charge in [-0.1, -0.05) is 5.16 Å². The fourth-order valence-corrected chi connectivity index (χ4v) is 1.40. The number of aromatic nitrogens is 2. The van der Waals surface area contributed by atoms with Gasteiger partial charge in [0.05, 0.1) is 19.2 Å². The fourth-order valence-electron chi connectivity index (χ4n) is 1.40. The zero-order valence-electron chi connectivity index (χ0n) is 9.71. The van der Waals surface area contributed by atoms with Crippen LogP contribution in [0.2, 0.25) is 0 Å². The summed E-state index contributed by atoms with van der Waals surface area (Å²) < 4.78 is 9.56. The van der Waals surface area contributed by atoms with Crippen LogP contribution in [0.15, 0.2) is 29.1 Å². The van der Waals surface area contributed by atoms with Gasteiger partial charge < -0.3 is 20.3 Å². The largest absolute Gasteiger partial charge is 0.497 e. The van der Waals surface area contributed by atoms with Crippen LogP contribution >= 0.6 is 0 Å². The third-order valence-corrected chi connectivity index (χ3v) is 2.32. The van der Waals surface area contributed by atoms with Crippen LogP contribution in [-0.2, 0) is 6.54 Å². The smallest absolute Gasteiger partial charge is 0.253 e. The van der Waals surface area contributed by atoms with Crippen LogP contribution in [0.25, 0.3) is 0 Å². The lowest BCUT2D eigenvalue weighted by molar-refractivity contribution is 0.0950. The number of methoxy groups -OCH3 is 1. The third-order valence-electron chi connectivity index (χ3n) is 2.32. The molecule has 1 heterocycles. The van der Waals surface area contributed by atoms with Crippen LogP contribution in [0.4, 0.5) is 5.69 Å². The van der Waals surface area contributed by atoms with Gasteiger partial charge in [0.15, 0.2) is 5.82 Å². The van der Waals surface area contributed by atoms with E-state index in [2.05, 4.69) is 20.0 Å². The van der Waals surface area contributed by atoms with Crippen molar-refractivity contribution >= 4 is 11.6 Å². The Morgan fingerprint density at radius 2 is 2.39 bits per heavy atom. The summed E-state index contributed by atoms with van der Waals surface area (Å²) in [6.07, 6.45) is 1.20. The lowest BCUT2D eigenvalue weighted by atomic mass is 10.1. The number of nitrogen functional groups attached to an aromatic ring is 1. The highest BCUT2D eigenvalue weighted by atomic mass is 16.5. The van der Waals surface area contributed by atoms with E-state index in [0.29, 0.717) is 22.8 Å². The molecular weight excluding hydrogens is 236 g/mol.